The molecule has 4 aliphatic rings. The molecule has 2 N–H and O–H groups in total. The van der Waals surface area contributed by atoms with Gasteiger partial charge in [-0.25, -0.2) is 9.59 Å². The number of carbonyl (C=O) groups is 4. The van der Waals surface area contributed by atoms with Crippen LogP contribution >= 0.6 is 0 Å². The first-order valence-corrected chi connectivity index (χ1v) is 13.5. The summed E-state index contributed by atoms with van der Waals surface area (Å²) in [5, 5.41) is 21.7. The number of aromatic carboxylic acids is 1. The van der Waals surface area contributed by atoms with Crippen LogP contribution in [0.1, 0.15) is 68.9 Å². The number of nitrogens with one attached hydrogen (secondary N) is 1. The van der Waals surface area contributed by atoms with E-state index < -0.39 is 35.8 Å². The standard InChI is InChI=1S/C28H35N5O6/c1-15(16-6-5-7-17(8-16)26(36)37)32-20-11-23(25(32)35)31(13-20)14-21(30-27(38)39-28(2,3)4)24(34)33-19(12-29)9-18-10-22(18)33/h5-8,15,18-23H,9-11,13-14H2,1-4H3,(H,30,38)(H,36,37)/t15-,18+,19-,20-,21-,22-,23-/m0/s1. The Balaban J connectivity index is 1.31. The van der Waals surface area contributed by atoms with Crippen LogP contribution in [0.5, 0.6) is 0 Å². The molecule has 208 valence electrons. The van der Waals surface area contributed by atoms with Gasteiger partial charge in [0.15, 0.2) is 0 Å². The molecule has 1 saturated carbocycles. The number of nitriles is 1. The number of carboxylic acids is 1. The van der Waals surface area contributed by atoms with E-state index in [1.165, 1.54) is 6.07 Å². The Hall–Kier alpha value is -3.65. The maximum atomic E-state index is 13.7. The first kappa shape index (κ1) is 26.9. The van der Waals surface area contributed by atoms with Gasteiger partial charge in [0.2, 0.25) is 11.8 Å². The zero-order chi connectivity index (χ0) is 28.2. The molecule has 1 aromatic carbocycles. The number of benzene rings is 1. The highest BCUT2D eigenvalue weighted by molar-refractivity contribution is 5.89. The van der Waals surface area contributed by atoms with Crippen LogP contribution in [0.3, 0.4) is 0 Å². The van der Waals surface area contributed by atoms with E-state index in [-0.39, 0.29) is 42.0 Å². The molecule has 0 radical (unpaired) electrons. The second-order valence-corrected chi connectivity index (χ2v) is 12.1. The number of ether oxygens (including phenoxy) is 1. The number of piperazine rings is 1. The van der Waals surface area contributed by atoms with Crippen molar-refractivity contribution in [2.45, 2.75) is 88.8 Å². The van der Waals surface area contributed by atoms with Crippen molar-refractivity contribution in [3.8, 4) is 6.07 Å². The normalized spacial score (nSPS) is 29.0. The minimum Gasteiger partial charge on any atom is -0.478 e. The Morgan fingerprint density at radius 3 is 2.62 bits per heavy atom. The lowest BCUT2D eigenvalue weighted by atomic mass is 10.0. The molecule has 0 unspecified atom stereocenters. The summed E-state index contributed by atoms with van der Waals surface area (Å²) in [5.74, 6) is -1.09. The molecule has 3 saturated heterocycles. The molecule has 11 heteroatoms. The number of likely N-dealkylation sites (tertiary alicyclic amines) is 3. The number of alkyl carbamates (subject to hydrolysis) is 1. The molecule has 0 aromatic heterocycles. The number of hydrogen-bond donors (Lipinski definition) is 2. The Kier molecular flexibility index (Phi) is 6.79. The van der Waals surface area contributed by atoms with E-state index in [4.69, 9.17) is 4.74 Å². The molecule has 3 amide bonds. The van der Waals surface area contributed by atoms with Gasteiger partial charge in [0, 0.05) is 25.2 Å². The molecule has 7 atom stereocenters. The smallest absolute Gasteiger partial charge is 0.408 e. The van der Waals surface area contributed by atoms with E-state index in [0.29, 0.717) is 25.3 Å². The Labute approximate surface area is 227 Å². The average molecular weight is 538 g/mol. The zero-order valence-corrected chi connectivity index (χ0v) is 22.7. The van der Waals surface area contributed by atoms with E-state index in [0.717, 1.165) is 12.0 Å². The summed E-state index contributed by atoms with van der Waals surface area (Å²) in [4.78, 5) is 56.7. The lowest BCUT2D eigenvalue weighted by Crippen LogP contribution is -2.59. The van der Waals surface area contributed by atoms with Crippen molar-refractivity contribution in [1.82, 2.24) is 20.0 Å². The third-order valence-corrected chi connectivity index (χ3v) is 8.26. The first-order valence-electron chi connectivity index (χ1n) is 13.5. The fraction of sp³-hybridized carbons (Fsp3) is 0.607. The maximum Gasteiger partial charge on any atom is 0.408 e. The van der Waals surface area contributed by atoms with Crippen LogP contribution in [0.2, 0.25) is 0 Å². The molecule has 1 aromatic rings. The number of rotatable bonds is 7. The van der Waals surface area contributed by atoms with Gasteiger partial charge in [-0.05, 0) is 70.6 Å². The fourth-order valence-corrected chi connectivity index (χ4v) is 6.43. The molecular weight excluding hydrogens is 502 g/mol. The van der Waals surface area contributed by atoms with Gasteiger partial charge in [-0.15, -0.1) is 0 Å². The lowest BCUT2D eigenvalue weighted by Gasteiger charge is -2.39. The summed E-state index contributed by atoms with van der Waals surface area (Å²) in [5.41, 5.74) is 0.166. The summed E-state index contributed by atoms with van der Waals surface area (Å²) >= 11 is 0. The van der Waals surface area contributed by atoms with Crippen LogP contribution in [-0.4, -0.2) is 92.6 Å². The molecular formula is C28H35N5O6. The predicted octanol–water partition coefficient (Wildman–Crippen LogP) is 2.14. The molecule has 1 aliphatic carbocycles. The lowest BCUT2D eigenvalue weighted by molar-refractivity contribution is -0.141. The highest BCUT2D eigenvalue weighted by Gasteiger charge is 2.56. The molecule has 3 heterocycles. The van der Waals surface area contributed by atoms with Crippen molar-refractivity contribution < 1.29 is 29.0 Å². The van der Waals surface area contributed by atoms with E-state index >= 15 is 0 Å². The average Bonchev–Trinajstić information content (AvgIpc) is 3.18. The van der Waals surface area contributed by atoms with Gasteiger partial charge < -0.3 is 25.0 Å². The third-order valence-electron chi connectivity index (χ3n) is 8.26. The van der Waals surface area contributed by atoms with Crippen LogP contribution in [-0.2, 0) is 14.3 Å². The fourth-order valence-electron chi connectivity index (χ4n) is 6.43. The largest absolute Gasteiger partial charge is 0.478 e. The zero-order valence-electron chi connectivity index (χ0n) is 22.7. The summed E-state index contributed by atoms with van der Waals surface area (Å²) in [6, 6.07) is 6.53. The van der Waals surface area contributed by atoms with E-state index in [1.54, 1.807) is 42.7 Å². The molecule has 3 aliphatic heterocycles. The number of carbonyl (C=O) groups excluding carboxylic acids is 3. The highest BCUT2D eigenvalue weighted by atomic mass is 16.6. The number of hydrogen-bond acceptors (Lipinski definition) is 7. The van der Waals surface area contributed by atoms with Gasteiger partial charge in [0.05, 0.1) is 23.7 Å². The molecule has 0 spiro atoms. The number of amides is 3. The number of carboxylic acid groups (broad SMARTS) is 1. The van der Waals surface area contributed by atoms with Gasteiger partial charge in [-0.3, -0.25) is 14.5 Å². The molecule has 4 fully saturated rings. The second-order valence-electron chi connectivity index (χ2n) is 12.1. The first-order chi connectivity index (χ1) is 18.4. The van der Waals surface area contributed by atoms with Crippen molar-refractivity contribution in [1.29, 1.82) is 5.26 Å². The third kappa shape index (κ3) is 5.17. The van der Waals surface area contributed by atoms with E-state index in [1.807, 2.05) is 17.9 Å². The van der Waals surface area contributed by atoms with Crippen LogP contribution in [0.4, 0.5) is 4.79 Å². The Morgan fingerprint density at radius 1 is 1.23 bits per heavy atom. The second kappa shape index (κ2) is 9.83. The quantitative estimate of drug-likeness (QED) is 0.539. The SMILES string of the molecule is C[C@@H](c1cccc(C(=O)O)c1)N1C(=O)[C@@H]2C[C@H]1CN2C[C@H](NC(=O)OC(C)(C)C)C(=O)N1[C@H](C#N)C[C@@H]2C[C@@H]21. The van der Waals surface area contributed by atoms with E-state index in [9.17, 15) is 29.5 Å². The molecule has 11 nitrogen and oxygen atoms in total. The van der Waals surface area contributed by atoms with Crippen LogP contribution in [0.15, 0.2) is 24.3 Å². The summed E-state index contributed by atoms with van der Waals surface area (Å²) in [6.45, 7) is 7.77. The number of nitrogens with zero attached hydrogens (tertiary/aromatic N) is 4. The number of fused-ring (bicyclic) bond motifs is 3. The number of piperidine rings is 1. The molecule has 39 heavy (non-hydrogen) atoms. The van der Waals surface area contributed by atoms with Gasteiger partial charge >= 0.3 is 12.1 Å². The van der Waals surface area contributed by atoms with Gasteiger partial charge in [-0.2, -0.15) is 5.26 Å². The minimum absolute atomic E-state index is 0.0275. The Bertz CT molecular complexity index is 1240. The topological polar surface area (TPSA) is 143 Å². The van der Waals surface area contributed by atoms with Gasteiger partial charge in [0.1, 0.15) is 17.7 Å². The molecule has 2 bridgehead atoms. The van der Waals surface area contributed by atoms with Crippen molar-refractivity contribution in [2.75, 3.05) is 13.1 Å². The monoisotopic (exact) mass is 537 g/mol. The van der Waals surface area contributed by atoms with Gasteiger partial charge in [0.25, 0.3) is 0 Å². The van der Waals surface area contributed by atoms with Crippen molar-refractivity contribution >= 4 is 23.9 Å². The summed E-state index contributed by atoms with van der Waals surface area (Å²) < 4.78 is 5.42. The van der Waals surface area contributed by atoms with Crippen LogP contribution < -0.4 is 5.32 Å². The Morgan fingerprint density at radius 2 is 1.97 bits per heavy atom. The van der Waals surface area contributed by atoms with Crippen molar-refractivity contribution in [2.24, 2.45) is 5.92 Å². The molecule has 5 rings (SSSR count). The van der Waals surface area contributed by atoms with Crippen LogP contribution in [0.25, 0.3) is 0 Å². The maximum absolute atomic E-state index is 13.7. The predicted molar refractivity (Wildman–Crippen MR) is 138 cm³/mol. The van der Waals surface area contributed by atoms with E-state index in [2.05, 4.69) is 11.4 Å². The van der Waals surface area contributed by atoms with Crippen molar-refractivity contribution in [3.63, 3.8) is 0 Å². The van der Waals surface area contributed by atoms with Gasteiger partial charge in [-0.1, -0.05) is 12.1 Å². The van der Waals surface area contributed by atoms with Crippen molar-refractivity contribution in [3.05, 3.63) is 35.4 Å². The minimum atomic E-state index is -1.02. The highest BCUT2D eigenvalue weighted by Crippen LogP contribution is 2.48. The van der Waals surface area contributed by atoms with Crippen LogP contribution in [0, 0.1) is 17.2 Å². The summed E-state index contributed by atoms with van der Waals surface area (Å²) in [6.07, 6.45) is 1.38. The summed E-state index contributed by atoms with van der Waals surface area (Å²) in [7, 11) is 0.